The van der Waals surface area contributed by atoms with Crippen molar-refractivity contribution in [2.45, 2.75) is 13.0 Å². The lowest BCUT2D eigenvalue weighted by Gasteiger charge is -2.12. The second kappa shape index (κ2) is 10.6. The lowest BCUT2D eigenvalue weighted by molar-refractivity contribution is -0.118. The maximum atomic E-state index is 11.9. The van der Waals surface area contributed by atoms with Crippen LogP contribution in [0.3, 0.4) is 0 Å². The molecule has 0 heterocycles. The average molecular weight is 403 g/mol. The third-order valence-electron chi connectivity index (χ3n) is 3.61. The van der Waals surface area contributed by atoms with E-state index in [0.29, 0.717) is 16.6 Å². The average Bonchev–Trinajstić information content (AvgIpc) is 2.65. The second-order valence-electron chi connectivity index (χ2n) is 5.86. The van der Waals surface area contributed by atoms with Crippen LogP contribution in [0.15, 0.2) is 60.7 Å². The van der Waals surface area contributed by atoms with E-state index in [1.54, 1.807) is 31.2 Å². The molecule has 2 N–H and O–H groups in total. The van der Waals surface area contributed by atoms with E-state index in [1.165, 1.54) is 12.2 Å². The van der Waals surface area contributed by atoms with E-state index in [-0.39, 0.29) is 17.9 Å². The van der Waals surface area contributed by atoms with Crippen molar-refractivity contribution in [3.8, 4) is 0 Å². The van der Waals surface area contributed by atoms with E-state index < -0.39 is 0 Å². The molecular formula is C21H20Cl2N2O2. The highest BCUT2D eigenvalue weighted by atomic mass is 35.5. The fourth-order valence-corrected chi connectivity index (χ4v) is 2.60. The van der Waals surface area contributed by atoms with E-state index in [9.17, 15) is 9.59 Å². The van der Waals surface area contributed by atoms with Gasteiger partial charge in [-0.15, -0.1) is 0 Å². The molecule has 2 rings (SSSR count). The van der Waals surface area contributed by atoms with Crippen LogP contribution >= 0.6 is 23.2 Å². The Balaban J connectivity index is 1.77. The van der Waals surface area contributed by atoms with Crippen molar-refractivity contribution in [2.75, 3.05) is 6.54 Å². The highest BCUT2D eigenvalue weighted by molar-refractivity contribution is 6.32. The van der Waals surface area contributed by atoms with Gasteiger partial charge in [0.05, 0.1) is 0 Å². The van der Waals surface area contributed by atoms with Crippen LogP contribution in [0.2, 0.25) is 10.0 Å². The molecule has 2 aromatic carbocycles. The number of carbonyl (C=O) groups is 2. The molecule has 2 aromatic rings. The van der Waals surface area contributed by atoms with Crippen LogP contribution in [-0.4, -0.2) is 24.4 Å². The summed E-state index contributed by atoms with van der Waals surface area (Å²) < 4.78 is 0. The summed E-state index contributed by atoms with van der Waals surface area (Å²) >= 11 is 12.1. The first kappa shape index (κ1) is 20.7. The number of hydrogen-bond acceptors (Lipinski definition) is 2. The molecule has 6 heteroatoms. The molecule has 0 radical (unpaired) electrons. The summed E-state index contributed by atoms with van der Waals surface area (Å²) in [5, 5.41) is 6.66. The van der Waals surface area contributed by atoms with Crippen molar-refractivity contribution < 1.29 is 9.59 Å². The van der Waals surface area contributed by atoms with Gasteiger partial charge in [-0.1, -0.05) is 59.6 Å². The van der Waals surface area contributed by atoms with Gasteiger partial charge in [0, 0.05) is 34.8 Å². The molecule has 0 aliphatic rings. The van der Waals surface area contributed by atoms with Gasteiger partial charge in [-0.2, -0.15) is 0 Å². The normalized spacial score (nSPS) is 12.3. The molecule has 0 aliphatic heterocycles. The maximum Gasteiger partial charge on any atom is 0.244 e. The highest BCUT2D eigenvalue weighted by Gasteiger charge is 2.06. The van der Waals surface area contributed by atoms with E-state index in [2.05, 4.69) is 10.6 Å². The summed E-state index contributed by atoms with van der Waals surface area (Å²) in [5.41, 5.74) is 1.53. The third-order valence-corrected chi connectivity index (χ3v) is 4.30. The fraction of sp³-hybridized carbons (Fsp3) is 0.143. The molecule has 0 saturated carbocycles. The summed E-state index contributed by atoms with van der Waals surface area (Å²) in [6.45, 7) is 2.11. The molecule has 0 bridgehead atoms. The summed E-state index contributed by atoms with van der Waals surface area (Å²) in [6.07, 6.45) is 6.12. The number of rotatable bonds is 7. The number of halogens is 2. The molecule has 0 spiro atoms. The maximum absolute atomic E-state index is 11.9. The number of hydrogen-bond donors (Lipinski definition) is 2. The third kappa shape index (κ3) is 7.29. The first-order chi connectivity index (χ1) is 13.0. The monoisotopic (exact) mass is 402 g/mol. The summed E-state index contributed by atoms with van der Waals surface area (Å²) in [7, 11) is 0. The van der Waals surface area contributed by atoms with E-state index in [0.717, 1.165) is 11.1 Å². The van der Waals surface area contributed by atoms with Crippen molar-refractivity contribution in [3.63, 3.8) is 0 Å². The molecule has 0 fully saturated rings. The summed E-state index contributed by atoms with van der Waals surface area (Å²) in [5.74, 6) is -0.522. The van der Waals surface area contributed by atoms with Crippen LogP contribution < -0.4 is 10.6 Å². The standard InChI is InChI=1S/C21H20Cl2N2O2/c1-15(25-21(27)13-11-17-7-3-5-9-19(17)23)14-24-20(26)12-10-16-6-2-4-8-18(16)22/h2-13,15H,14H2,1H3,(H,24,26)(H,25,27)/b12-10+,13-11-/t15-/m1/s1. The first-order valence-electron chi connectivity index (χ1n) is 8.39. The SMILES string of the molecule is C[C@H](CNC(=O)/C=C/c1ccccc1Cl)NC(=O)/C=C\c1ccccc1Cl. The van der Waals surface area contributed by atoms with Crippen LogP contribution in [0.5, 0.6) is 0 Å². The van der Waals surface area contributed by atoms with Gasteiger partial charge in [-0.25, -0.2) is 0 Å². The molecule has 27 heavy (non-hydrogen) atoms. The van der Waals surface area contributed by atoms with Crippen molar-refractivity contribution in [2.24, 2.45) is 0 Å². The molecule has 0 aliphatic carbocycles. The Hall–Kier alpha value is -2.56. The molecule has 4 nitrogen and oxygen atoms in total. The Bertz CT molecular complexity index is 863. The molecule has 0 aromatic heterocycles. The Morgan fingerprint density at radius 2 is 1.37 bits per heavy atom. The minimum atomic E-state index is -0.261. The van der Waals surface area contributed by atoms with Gasteiger partial charge in [-0.05, 0) is 42.3 Å². The number of carbonyl (C=O) groups excluding carboxylic acids is 2. The van der Waals surface area contributed by atoms with Crippen LogP contribution in [-0.2, 0) is 9.59 Å². The van der Waals surface area contributed by atoms with Crippen LogP contribution in [0.4, 0.5) is 0 Å². The van der Waals surface area contributed by atoms with E-state index >= 15 is 0 Å². The smallest absolute Gasteiger partial charge is 0.244 e. The Labute approximate surface area is 168 Å². The minimum absolute atomic E-state index is 0.231. The quantitative estimate of drug-likeness (QED) is 0.676. The Morgan fingerprint density at radius 3 is 1.89 bits per heavy atom. The number of benzene rings is 2. The lowest BCUT2D eigenvalue weighted by atomic mass is 10.2. The summed E-state index contributed by atoms with van der Waals surface area (Å²) in [4.78, 5) is 23.8. The van der Waals surface area contributed by atoms with Crippen molar-refractivity contribution >= 4 is 47.2 Å². The van der Waals surface area contributed by atoms with Gasteiger partial charge in [-0.3, -0.25) is 9.59 Å². The van der Waals surface area contributed by atoms with E-state index in [4.69, 9.17) is 23.2 Å². The predicted molar refractivity (Wildman–Crippen MR) is 112 cm³/mol. The minimum Gasteiger partial charge on any atom is -0.351 e. The van der Waals surface area contributed by atoms with E-state index in [1.807, 2.05) is 36.4 Å². The number of amides is 2. The van der Waals surface area contributed by atoms with Crippen molar-refractivity contribution in [1.29, 1.82) is 0 Å². The van der Waals surface area contributed by atoms with Gasteiger partial charge in [0.1, 0.15) is 0 Å². The zero-order valence-electron chi connectivity index (χ0n) is 14.8. The summed E-state index contributed by atoms with van der Waals surface area (Å²) in [6, 6.07) is 14.3. The largest absolute Gasteiger partial charge is 0.351 e. The molecule has 0 unspecified atom stereocenters. The second-order valence-corrected chi connectivity index (χ2v) is 6.68. The van der Waals surface area contributed by atoms with Crippen LogP contribution in [0.25, 0.3) is 12.2 Å². The van der Waals surface area contributed by atoms with Gasteiger partial charge in [0.25, 0.3) is 0 Å². The van der Waals surface area contributed by atoms with Gasteiger partial charge >= 0.3 is 0 Å². The van der Waals surface area contributed by atoms with Crippen molar-refractivity contribution in [3.05, 3.63) is 81.9 Å². The Kier molecular flexibility index (Phi) is 8.11. The predicted octanol–water partition coefficient (Wildman–Crippen LogP) is 4.34. The van der Waals surface area contributed by atoms with Crippen LogP contribution in [0, 0.1) is 0 Å². The van der Waals surface area contributed by atoms with Crippen LogP contribution in [0.1, 0.15) is 18.1 Å². The zero-order valence-corrected chi connectivity index (χ0v) is 16.3. The van der Waals surface area contributed by atoms with Crippen molar-refractivity contribution in [1.82, 2.24) is 10.6 Å². The van der Waals surface area contributed by atoms with Gasteiger partial charge in [0.2, 0.25) is 11.8 Å². The number of nitrogens with one attached hydrogen (secondary N) is 2. The lowest BCUT2D eigenvalue weighted by Crippen LogP contribution is -2.40. The fourth-order valence-electron chi connectivity index (χ4n) is 2.21. The molecule has 1 atom stereocenters. The molecular weight excluding hydrogens is 383 g/mol. The topological polar surface area (TPSA) is 58.2 Å². The Morgan fingerprint density at radius 1 is 0.889 bits per heavy atom. The first-order valence-corrected chi connectivity index (χ1v) is 9.15. The molecule has 140 valence electrons. The highest BCUT2D eigenvalue weighted by Crippen LogP contribution is 2.16. The van der Waals surface area contributed by atoms with Gasteiger partial charge in [0.15, 0.2) is 0 Å². The van der Waals surface area contributed by atoms with Gasteiger partial charge < -0.3 is 10.6 Å². The molecule has 2 amide bonds. The molecule has 0 saturated heterocycles. The zero-order chi connectivity index (χ0) is 19.6.